The van der Waals surface area contributed by atoms with Gasteiger partial charge in [-0.3, -0.25) is 4.90 Å². The van der Waals surface area contributed by atoms with Crippen molar-refractivity contribution in [1.29, 1.82) is 0 Å². The minimum atomic E-state index is 0.0383. The van der Waals surface area contributed by atoms with E-state index in [1.807, 2.05) is 18.2 Å². The SMILES string of the molecule is CN1CCN(Cc2nc3cc(CO)ccc3o2)CC1. The first-order valence-electron chi connectivity index (χ1n) is 6.65. The lowest BCUT2D eigenvalue weighted by atomic mass is 10.2. The molecular formula is C14H19N3O2. The van der Waals surface area contributed by atoms with Crippen molar-refractivity contribution in [3.63, 3.8) is 0 Å². The molecule has 102 valence electrons. The summed E-state index contributed by atoms with van der Waals surface area (Å²) in [4.78, 5) is 9.19. The molecule has 0 saturated carbocycles. The summed E-state index contributed by atoms with van der Waals surface area (Å²) < 4.78 is 5.75. The maximum Gasteiger partial charge on any atom is 0.209 e. The van der Waals surface area contributed by atoms with Gasteiger partial charge >= 0.3 is 0 Å². The molecule has 1 aliphatic rings. The van der Waals surface area contributed by atoms with Gasteiger partial charge in [-0.05, 0) is 24.7 Å². The minimum Gasteiger partial charge on any atom is -0.439 e. The van der Waals surface area contributed by atoms with Crippen LogP contribution in [0.3, 0.4) is 0 Å². The molecule has 3 rings (SSSR count). The Balaban J connectivity index is 1.74. The molecule has 1 aliphatic heterocycles. The summed E-state index contributed by atoms with van der Waals surface area (Å²) in [5.74, 6) is 0.759. The predicted octanol–water partition coefficient (Wildman–Crippen LogP) is 1.07. The third kappa shape index (κ3) is 2.78. The van der Waals surface area contributed by atoms with Crippen LogP contribution in [0, 0.1) is 0 Å². The van der Waals surface area contributed by atoms with Gasteiger partial charge in [0.1, 0.15) is 5.52 Å². The molecule has 0 bridgehead atoms. The van der Waals surface area contributed by atoms with Crippen LogP contribution in [0.2, 0.25) is 0 Å². The van der Waals surface area contributed by atoms with E-state index in [2.05, 4.69) is 21.8 Å². The first-order chi connectivity index (χ1) is 9.24. The quantitative estimate of drug-likeness (QED) is 0.895. The second-order valence-corrected chi connectivity index (χ2v) is 5.15. The van der Waals surface area contributed by atoms with Crippen LogP contribution in [0.25, 0.3) is 11.1 Å². The number of oxazole rings is 1. The number of aliphatic hydroxyl groups excluding tert-OH is 1. The molecule has 5 nitrogen and oxygen atoms in total. The first-order valence-corrected chi connectivity index (χ1v) is 6.65. The molecule has 0 amide bonds. The summed E-state index contributed by atoms with van der Waals surface area (Å²) >= 11 is 0. The average molecular weight is 261 g/mol. The van der Waals surface area contributed by atoms with Crippen LogP contribution in [0.5, 0.6) is 0 Å². The summed E-state index contributed by atoms with van der Waals surface area (Å²) in [7, 11) is 2.15. The van der Waals surface area contributed by atoms with E-state index in [0.29, 0.717) is 0 Å². The van der Waals surface area contributed by atoms with Gasteiger partial charge in [0.25, 0.3) is 0 Å². The van der Waals surface area contributed by atoms with Gasteiger partial charge in [0.05, 0.1) is 13.2 Å². The molecule has 19 heavy (non-hydrogen) atoms. The standard InChI is InChI=1S/C14H19N3O2/c1-16-4-6-17(7-5-16)9-14-15-12-8-11(10-18)2-3-13(12)19-14/h2-3,8,18H,4-7,9-10H2,1H3. The van der Waals surface area contributed by atoms with Crippen LogP contribution in [-0.2, 0) is 13.2 Å². The van der Waals surface area contributed by atoms with Gasteiger partial charge in [0.2, 0.25) is 5.89 Å². The van der Waals surface area contributed by atoms with Gasteiger partial charge in [-0.1, -0.05) is 6.07 Å². The third-order valence-corrected chi connectivity index (χ3v) is 3.63. The molecule has 1 N–H and O–H groups in total. The Labute approximate surface area is 112 Å². The molecule has 2 heterocycles. The second kappa shape index (κ2) is 5.28. The van der Waals surface area contributed by atoms with Crippen molar-refractivity contribution in [2.24, 2.45) is 0 Å². The zero-order valence-electron chi connectivity index (χ0n) is 11.2. The molecule has 0 unspecified atom stereocenters. The van der Waals surface area contributed by atoms with E-state index < -0.39 is 0 Å². The number of aromatic nitrogens is 1. The van der Waals surface area contributed by atoms with Crippen molar-refractivity contribution < 1.29 is 9.52 Å². The van der Waals surface area contributed by atoms with Gasteiger partial charge in [-0.2, -0.15) is 0 Å². The minimum absolute atomic E-state index is 0.0383. The lowest BCUT2D eigenvalue weighted by molar-refractivity contribution is 0.139. The first kappa shape index (κ1) is 12.6. The molecule has 5 heteroatoms. The number of rotatable bonds is 3. The Bertz CT molecular complexity index is 559. The van der Waals surface area contributed by atoms with Crippen molar-refractivity contribution in [3.8, 4) is 0 Å². The Morgan fingerprint density at radius 2 is 2.05 bits per heavy atom. The summed E-state index contributed by atoms with van der Waals surface area (Å²) in [6, 6.07) is 5.63. The highest BCUT2D eigenvalue weighted by atomic mass is 16.3. The smallest absolute Gasteiger partial charge is 0.209 e. The van der Waals surface area contributed by atoms with Crippen molar-refractivity contribution in [2.75, 3.05) is 33.2 Å². The summed E-state index contributed by atoms with van der Waals surface area (Å²) in [6.45, 7) is 5.09. The lowest BCUT2D eigenvalue weighted by Crippen LogP contribution is -2.43. The number of nitrogens with zero attached hydrogens (tertiary/aromatic N) is 3. The summed E-state index contributed by atoms with van der Waals surface area (Å²) in [6.07, 6.45) is 0. The van der Waals surface area contributed by atoms with E-state index in [1.165, 1.54) is 0 Å². The van der Waals surface area contributed by atoms with Gasteiger partial charge < -0.3 is 14.4 Å². The normalized spacial score (nSPS) is 18.2. The van der Waals surface area contributed by atoms with E-state index in [1.54, 1.807) is 0 Å². The Kier molecular flexibility index (Phi) is 3.50. The van der Waals surface area contributed by atoms with Crippen LogP contribution < -0.4 is 0 Å². The van der Waals surface area contributed by atoms with Crippen molar-refractivity contribution in [3.05, 3.63) is 29.7 Å². The van der Waals surface area contributed by atoms with E-state index in [0.717, 1.165) is 55.3 Å². The summed E-state index contributed by atoms with van der Waals surface area (Å²) in [5, 5.41) is 9.12. The maximum absolute atomic E-state index is 9.12. The number of fused-ring (bicyclic) bond motifs is 1. The highest BCUT2D eigenvalue weighted by molar-refractivity contribution is 5.73. The van der Waals surface area contributed by atoms with Crippen molar-refractivity contribution in [2.45, 2.75) is 13.2 Å². The highest BCUT2D eigenvalue weighted by Gasteiger charge is 2.16. The zero-order chi connectivity index (χ0) is 13.2. The molecule has 1 aromatic carbocycles. The Morgan fingerprint density at radius 1 is 1.26 bits per heavy atom. The van der Waals surface area contributed by atoms with Gasteiger partial charge in [0, 0.05) is 26.2 Å². The fourth-order valence-electron chi connectivity index (χ4n) is 2.38. The molecule has 1 saturated heterocycles. The van der Waals surface area contributed by atoms with E-state index >= 15 is 0 Å². The molecule has 0 atom stereocenters. The third-order valence-electron chi connectivity index (χ3n) is 3.63. The molecule has 1 aromatic heterocycles. The highest BCUT2D eigenvalue weighted by Crippen LogP contribution is 2.18. The van der Waals surface area contributed by atoms with E-state index in [4.69, 9.17) is 9.52 Å². The monoisotopic (exact) mass is 261 g/mol. The van der Waals surface area contributed by atoms with Crippen LogP contribution in [-0.4, -0.2) is 53.1 Å². The fourth-order valence-corrected chi connectivity index (χ4v) is 2.38. The number of benzene rings is 1. The largest absolute Gasteiger partial charge is 0.439 e. The van der Waals surface area contributed by atoms with Crippen molar-refractivity contribution >= 4 is 11.1 Å². The van der Waals surface area contributed by atoms with E-state index in [9.17, 15) is 0 Å². The predicted molar refractivity (Wildman–Crippen MR) is 72.7 cm³/mol. The van der Waals surface area contributed by atoms with Gasteiger partial charge in [0.15, 0.2) is 5.58 Å². The number of hydrogen-bond acceptors (Lipinski definition) is 5. The van der Waals surface area contributed by atoms with Gasteiger partial charge in [-0.15, -0.1) is 0 Å². The zero-order valence-corrected chi connectivity index (χ0v) is 11.2. The fraction of sp³-hybridized carbons (Fsp3) is 0.500. The Hall–Kier alpha value is -1.43. The molecule has 1 fully saturated rings. The maximum atomic E-state index is 9.12. The van der Waals surface area contributed by atoms with Crippen LogP contribution in [0.15, 0.2) is 22.6 Å². The lowest BCUT2D eigenvalue weighted by Gasteiger charge is -2.31. The number of likely N-dealkylation sites (N-methyl/N-ethyl adjacent to an activating group) is 1. The van der Waals surface area contributed by atoms with Gasteiger partial charge in [-0.25, -0.2) is 4.98 Å². The molecule has 0 spiro atoms. The van der Waals surface area contributed by atoms with E-state index in [-0.39, 0.29) is 6.61 Å². The molecule has 2 aromatic rings. The van der Waals surface area contributed by atoms with Crippen LogP contribution >= 0.6 is 0 Å². The molecular weight excluding hydrogens is 242 g/mol. The number of piperazine rings is 1. The average Bonchev–Trinajstić information content (AvgIpc) is 2.82. The van der Waals surface area contributed by atoms with Crippen LogP contribution in [0.1, 0.15) is 11.5 Å². The van der Waals surface area contributed by atoms with Crippen LogP contribution in [0.4, 0.5) is 0 Å². The Morgan fingerprint density at radius 3 is 2.79 bits per heavy atom. The van der Waals surface area contributed by atoms with Crippen molar-refractivity contribution in [1.82, 2.24) is 14.8 Å². The summed E-state index contributed by atoms with van der Waals surface area (Å²) in [5.41, 5.74) is 2.49. The topological polar surface area (TPSA) is 52.7 Å². The number of hydrogen-bond donors (Lipinski definition) is 1. The molecule has 0 aliphatic carbocycles. The second-order valence-electron chi connectivity index (χ2n) is 5.15. The molecule has 0 radical (unpaired) electrons. The number of aliphatic hydroxyl groups is 1.